The summed E-state index contributed by atoms with van der Waals surface area (Å²) in [6.45, 7) is -0.753. The molecule has 0 fully saturated rings. The molecule has 6 nitrogen and oxygen atoms in total. The zero-order valence-corrected chi connectivity index (χ0v) is 12.4. The molecule has 0 unspecified atom stereocenters. The number of hydrogen-bond donors (Lipinski definition) is 3. The van der Waals surface area contributed by atoms with Gasteiger partial charge in [-0.3, -0.25) is 9.46 Å². The van der Waals surface area contributed by atoms with Crippen molar-refractivity contribution in [2.45, 2.75) is 6.42 Å². The van der Waals surface area contributed by atoms with Crippen LogP contribution < -0.4 is 4.67 Å². The summed E-state index contributed by atoms with van der Waals surface area (Å²) in [7, 11) is -4.73. The smallest absolute Gasteiger partial charge is 0.430 e. The minimum absolute atomic E-state index is 0.268. The summed E-state index contributed by atoms with van der Waals surface area (Å²) in [5, 5.41) is 8.95. The average Bonchev–Trinajstić information content (AvgIpc) is 2.82. The minimum atomic E-state index is -4.73. The molecular weight excluding hydrogens is 305 g/mol. The zero-order valence-electron chi connectivity index (χ0n) is 11.5. The summed E-state index contributed by atoms with van der Waals surface area (Å²) in [5.41, 5.74) is 3.97. The summed E-state index contributed by atoms with van der Waals surface area (Å²) >= 11 is 0. The van der Waals surface area contributed by atoms with E-state index >= 15 is 0 Å². The van der Waals surface area contributed by atoms with Crippen LogP contribution in [-0.4, -0.2) is 27.4 Å². The zero-order chi connectivity index (χ0) is 15.9. The molecule has 2 aromatic rings. The fraction of sp³-hybridized carbons (Fsp3) is 0.133. The van der Waals surface area contributed by atoms with Gasteiger partial charge in [-0.05, 0) is 28.3 Å². The van der Waals surface area contributed by atoms with Gasteiger partial charge in [0.1, 0.15) is 6.54 Å². The van der Waals surface area contributed by atoms with Crippen LogP contribution in [0.1, 0.15) is 11.1 Å². The first kappa shape index (κ1) is 14.8. The number of carboxylic acids is 1. The first-order valence-corrected chi connectivity index (χ1v) is 8.20. The van der Waals surface area contributed by atoms with E-state index in [2.05, 4.69) is 0 Å². The third-order valence-electron chi connectivity index (χ3n) is 3.70. The second-order valence-electron chi connectivity index (χ2n) is 5.10. The topological polar surface area (TPSA) is 98.1 Å². The molecule has 7 heteroatoms. The molecule has 2 aromatic carbocycles. The molecule has 0 radical (unpaired) electrons. The van der Waals surface area contributed by atoms with Crippen molar-refractivity contribution in [1.82, 2.24) is 0 Å². The number of anilines is 1. The van der Waals surface area contributed by atoms with Crippen molar-refractivity contribution in [3.8, 4) is 11.1 Å². The minimum Gasteiger partial charge on any atom is -0.480 e. The van der Waals surface area contributed by atoms with Gasteiger partial charge in [0.2, 0.25) is 0 Å². The van der Waals surface area contributed by atoms with Crippen LogP contribution in [0.15, 0.2) is 42.5 Å². The average molecular weight is 319 g/mol. The second-order valence-corrected chi connectivity index (χ2v) is 6.61. The maximum Gasteiger partial charge on any atom is 0.430 e. The third kappa shape index (κ3) is 2.52. The Balaban J connectivity index is 2.14. The summed E-state index contributed by atoms with van der Waals surface area (Å²) < 4.78 is 12.3. The molecule has 0 spiro atoms. The second kappa shape index (κ2) is 5.25. The standard InChI is InChI=1S/C15H14NO5P/c17-15(18)9-16(22(19,20)21)14-7-3-6-12-11-5-2-1-4-10(11)8-13(12)14/h1-7H,8-9H2,(H,17,18)(H2,19,20,21). The van der Waals surface area contributed by atoms with Crippen LogP contribution in [0.3, 0.4) is 0 Å². The van der Waals surface area contributed by atoms with E-state index in [1.165, 1.54) is 0 Å². The van der Waals surface area contributed by atoms with Crippen LogP contribution in [0.5, 0.6) is 0 Å². The van der Waals surface area contributed by atoms with Crippen LogP contribution in [0, 0.1) is 0 Å². The van der Waals surface area contributed by atoms with Gasteiger partial charge in [0, 0.05) is 6.42 Å². The van der Waals surface area contributed by atoms with Crippen LogP contribution in [0.2, 0.25) is 0 Å². The summed E-state index contributed by atoms with van der Waals surface area (Å²) in [6, 6.07) is 12.8. The van der Waals surface area contributed by atoms with Crippen LogP contribution in [-0.2, 0) is 15.8 Å². The van der Waals surface area contributed by atoms with Gasteiger partial charge in [-0.1, -0.05) is 36.4 Å². The molecule has 0 atom stereocenters. The van der Waals surface area contributed by atoms with Crippen molar-refractivity contribution in [2.75, 3.05) is 11.2 Å². The van der Waals surface area contributed by atoms with Gasteiger partial charge in [0.05, 0.1) is 5.69 Å². The van der Waals surface area contributed by atoms with E-state index in [9.17, 15) is 19.1 Å². The Morgan fingerprint density at radius 3 is 2.45 bits per heavy atom. The van der Waals surface area contributed by atoms with E-state index in [4.69, 9.17) is 5.11 Å². The molecule has 0 saturated carbocycles. The third-order valence-corrected chi connectivity index (χ3v) is 4.69. The van der Waals surface area contributed by atoms with Crippen molar-refractivity contribution in [2.24, 2.45) is 0 Å². The Morgan fingerprint density at radius 2 is 1.77 bits per heavy atom. The predicted molar refractivity (Wildman–Crippen MR) is 81.7 cm³/mol. The van der Waals surface area contributed by atoms with Crippen LogP contribution >= 0.6 is 7.75 Å². The lowest BCUT2D eigenvalue weighted by Gasteiger charge is -2.25. The Bertz CT molecular complexity index is 798. The molecular formula is C15H14NO5P. The number of aliphatic carboxylic acids is 1. The molecule has 0 heterocycles. The van der Waals surface area contributed by atoms with Gasteiger partial charge >= 0.3 is 13.7 Å². The van der Waals surface area contributed by atoms with Crippen molar-refractivity contribution < 1.29 is 24.3 Å². The number of rotatable bonds is 4. The van der Waals surface area contributed by atoms with E-state index in [1.54, 1.807) is 12.1 Å². The molecule has 0 aromatic heterocycles. The normalized spacial score (nSPS) is 12.6. The lowest BCUT2D eigenvalue weighted by atomic mass is 10.1. The number of carbonyl (C=O) groups is 1. The number of nitrogens with zero attached hydrogens (tertiary/aromatic N) is 1. The Hall–Kier alpha value is -2.14. The Morgan fingerprint density at radius 1 is 1.09 bits per heavy atom. The van der Waals surface area contributed by atoms with Crippen LogP contribution in [0.4, 0.5) is 5.69 Å². The van der Waals surface area contributed by atoms with Crippen LogP contribution in [0.25, 0.3) is 11.1 Å². The van der Waals surface area contributed by atoms with E-state index in [-0.39, 0.29) is 5.69 Å². The largest absolute Gasteiger partial charge is 0.480 e. The molecule has 22 heavy (non-hydrogen) atoms. The molecule has 114 valence electrons. The monoisotopic (exact) mass is 319 g/mol. The van der Waals surface area contributed by atoms with Gasteiger partial charge < -0.3 is 14.9 Å². The molecule has 3 rings (SSSR count). The van der Waals surface area contributed by atoms with Crippen molar-refractivity contribution >= 4 is 19.4 Å². The Labute approximate surface area is 126 Å². The van der Waals surface area contributed by atoms with Gasteiger partial charge in [-0.15, -0.1) is 0 Å². The predicted octanol–water partition coefficient (Wildman–Crippen LogP) is 2.24. The van der Waals surface area contributed by atoms with Gasteiger partial charge in [0.15, 0.2) is 0 Å². The molecule has 3 N–H and O–H groups in total. The maximum atomic E-state index is 11.7. The Kier molecular flexibility index (Phi) is 3.53. The van der Waals surface area contributed by atoms with E-state index in [0.29, 0.717) is 11.1 Å². The van der Waals surface area contributed by atoms with Crippen molar-refractivity contribution in [3.05, 3.63) is 53.6 Å². The highest BCUT2D eigenvalue weighted by molar-refractivity contribution is 7.53. The molecule has 1 aliphatic carbocycles. The highest BCUT2D eigenvalue weighted by Crippen LogP contribution is 2.49. The van der Waals surface area contributed by atoms with E-state index < -0.39 is 20.3 Å². The van der Waals surface area contributed by atoms with Gasteiger partial charge in [0.25, 0.3) is 0 Å². The molecule has 1 aliphatic rings. The highest BCUT2D eigenvalue weighted by Gasteiger charge is 2.32. The van der Waals surface area contributed by atoms with E-state index in [1.807, 2.05) is 30.3 Å². The molecule has 0 amide bonds. The fourth-order valence-corrected chi connectivity index (χ4v) is 3.60. The summed E-state index contributed by atoms with van der Waals surface area (Å²) in [6.07, 6.45) is 0.526. The van der Waals surface area contributed by atoms with Gasteiger partial charge in [-0.2, -0.15) is 0 Å². The first-order chi connectivity index (χ1) is 10.4. The van der Waals surface area contributed by atoms with Gasteiger partial charge in [-0.25, -0.2) is 4.57 Å². The summed E-state index contributed by atoms with van der Waals surface area (Å²) in [4.78, 5) is 30.0. The van der Waals surface area contributed by atoms with E-state index in [0.717, 1.165) is 22.3 Å². The molecule has 0 saturated heterocycles. The number of fused-ring (bicyclic) bond motifs is 3. The SMILES string of the molecule is O=C(O)CN(c1cccc2c1Cc1ccccc1-2)P(=O)(O)O. The first-order valence-electron chi connectivity index (χ1n) is 6.63. The summed E-state index contributed by atoms with van der Waals surface area (Å²) in [5.74, 6) is -1.29. The molecule has 0 aliphatic heterocycles. The maximum absolute atomic E-state index is 11.7. The lowest BCUT2D eigenvalue weighted by molar-refractivity contribution is -0.135. The lowest BCUT2D eigenvalue weighted by Crippen LogP contribution is -2.27. The highest BCUT2D eigenvalue weighted by atomic mass is 31.2. The quantitative estimate of drug-likeness (QED) is 0.638. The number of benzene rings is 2. The van der Waals surface area contributed by atoms with Crippen molar-refractivity contribution in [1.29, 1.82) is 0 Å². The van der Waals surface area contributed by atoms with Crippen molar-refractivity contribution in [3.63, 3.8) is 0 Å². The number of hydrogen-bond acceptors (Lipinski definition) is 2. The fourth-order valence-electron chi connectivity index (χ4n) is 2.83. The molecule has 0 bridgehead atoms. The number of carboxylic acid groups (broad SMARTS) is 1.